The Labute approximate surface area is 118 Å². The molecule has 0 amide bonds. The number of methoxy groups -OCH3 is 1. The molecule has 0 fully saturated rings. The summed E-state index contributed by atoms with van der Waals surface area (Å²) in [4.78, 5) is 11.2. The standard InChI is InChI=1S/C12H9F2NO5S/c1-19-12(16)10-4-5-11(20-10)21(17,18)15-9-3-2-7(13)6-8(9)14/h2-6,15H,1H3. The normalized spacial score (nSPS) is 11.2. The molecule has 0 spiro atoms. The van der Waals surface area contributed by atoms with E-state index in [0.717, 1.165) is 31.4 Å². The fraction of sp³-hybridized carbons (Fsp3) is 0.0833. The van der Waals surface area contributed by atoms with E-state index < -0.39 is 38.4 Å². The predicted molar refractivity (Wildman–Crippen MR) is 67.2 cm³/mol. The molecule has 112 valence electrons. The van der Waals surface area contributed by atoms with E-state index >= 15 is 0 Å². The van der Waals surface area contributed by atoms with E-state index in [-0.39, 0.29) is 5.76 Å². The van der Waals surface area contributed by atoms with Crippen molar-refractivity contribution in [3.05, 3.63) is 47.7 Å². The van der Waals surface area contributed by atoms with Crippen molar-refractivity contribution in [2.45, 2.75) is 5.09 Å². The van der Waals surface area contributed by atoms with Crippen molar-refractivity contribution in [3.63, 3.8) is 0 Å². The van der Waals surface area contributed by atoms with Gasteiger partial charge in [0.2, 0.25) is 10.9 Å². The minimum Gasteiger partial charge on any atom is -0.463 e. The molecule has 0 atom stereocenters. The highest BCUT2D eigenvalue weighted by atomic mass is 32.2. The third kappa shape index (κ3) is 3.19. The van der Waals surface area contributed by atoms with Gasteiger partial charge in [-0.3, -0.25) is 4.72 Å². The maximum atomic E-state index is 13.4. The molecule has 6 nitrogen and oxygen atoms in total. The fourth-order valence-electron chi connectivity index (χ4n) is 1.44. The summed E-state index contributed by atoms with van der Waals surface area (Å²) in [5.74, 6) is -3.11. The fourth-order valence-corrected chi connectivity index (χ4v) is 2.44. The van der Waals surface area contributed by atoms with Crippen LogP contribution in [0.25, 0.3) is 0 Å². The largest absolute Gasteiger partial charge is 0.463 e. The highest BCUT2D eigenvalue weighted by Gasteiger charge is 2.22. The van der Waals surface area contributed by atoms with Crippen LogP contribution in [0.5, 0.6) is 0 Å². The van der Waals surface area contributed by atoms with Crippen LogP contribution in [0, 0.1) is 11.6 Å². The molecule has 0 aliphatic rings. The maximum absolute atomic E-state index is 13.4. The molecule has 1 N–H and O–H groups in total. The maximum Gasteiger partial charge on any atom is 0.374 e. The summed E-state index contributed by atoms with van der Waals surface area (Å²) < 4.78 is 61.1. The summed E-state index contributed by atoms with van der Waals surface area (Å²) in [5, 5.41) is -0.605. The van der Waals surface area contributed by atoms with E-state index in [1.807, 2.05) is 4.72 Å². The monoisotopic (exact) mass is 317 g/mol. The van der Waals surface area contributed by atoms with Gasteiger partial charge in [-0.05, 0) is 24.3 Å². The number of hydrogen-bond donors (Lipinski definition) is 1. The first-order chi connectivity index (χ1) is 9.83. The van der Waals surface area contributed by atoms with Gasteiger partial charge in [-0.25, -0.2) is 13.6 Å². The van der Waals surface area contributed by atoms with Gasteiger partial charge in [-0.15, -0.1) is 0 Å². The minimum absolute atomic E-state index is 0.322. The molecule has 2 rings (SSSR count). The molecule has 0 saturated heterocycles. The number of furan rings is 1. The van der Waals surface area contributed by atoms with Crippen molar-refractivity contribution in [1.82, 2.24) is 0 Å². The van der Waals surface area contributed by atoms with Crippen molar-refractivity contribution in [1.29, 1.82) is 0 Å². The molecule has 0 saturated carbocycles. The van der Waals surface area contributed by atoms with Crippen LogP contribution in [0.2, 0.25) is 0 Å². The Bertz CT molecular complexity index is 785. The molecule has 1 heterocycles. The van der Waals surface area contributed by atoms with Crippen molar-refractivity contribution in [3.8, 4) is 0 Å². The number of carbonyl (C=O) groups is 1. The number of benzene rings is 1. The van der Waals surface area contributed by atoms with E-state index in [2.05, 4.69) is 4.74 Å². The lowest BCUT2D eigenvalue weighted by molar-refractivity contribution is 0.0559. The van der Waals surface area contributed by atoms with Gasteiger partial charge < -0.3 is 9.15 Å². The van der Waals surface area contributed by atoms with Gasteiger partial charge >= 0.3 is 5.97 Å². The van der Waals surface area contributed by atoms with Gasteiger partial charge in [0, 0.05) is 6.07 Å². The van der Waals surface area contributed by atoms with Crippen LogP contribution in [-0.2, 0) is 14.8 Å². The number of halogens is 2. The Balaban J connectivity index is 2.30. The van der Waals surface area contributed by atoms with Crippen molar-refractivity contribution in [2.24, 2.45) is 0 Å². The second-order valence-corrected chi connectivity index (χ2v) is 5.45. The van der Waals surface area contributed by atoms with E-state index in [1.165, 1.54) is 0 Å². The third-order valence-corrected chi connectivity index (χ3v) is 3.65. The lowest BCUT2D eigenvalue weighted by Gasteiger charge is -2.06. The molecular weight excluding hydrogens is 308 g/mol. The Kier molecular flexibility index (Phi) is 3.94. The zero-order valence-corrected chi connectivity index (χ0v) is 11.4. The van der Waals surface area contributed by atoms with Crippen LogP contribution in [0.4, 0.5) is 14.5 Å². The lowest BCUT2D eigenvalue weighted by atomic mass is 10.3. The Hall–Kier alpha value is -2.42. The summed E-state index contributed by atoms with van der Waals surface area (Å²) >= 11 is 0. The number of anilines is 1. The van der Waals surface area contributed by atoms with Crippen LogP contribution in [0.1, 0.15) is 10.6 Å². The average Bonchev–Trinajstić information content (AvgIpc) is 2.91. The van der Waals surface area contributed by atoms with E-state index in [9.17, 15) is 22.0 Å². The van der Waals surface area contributed by atoms with Crippen molar-refractivity contribution in [2.75, 3.05) is 11.8 Å². The average molecular weight is 317 g/mol. The molecule has 0 unspecified atom stereocenters. The number of esters is 1. The van der Waals surface area contributed by atoms with Crippen LogP contribution >= 0.6 is 0 Å². The smallest absolute Gasteiger partial charge is 0.374 e. The first-order valence-corrected chi connectivity index (χ1v) is 6.98. The van der Waals surface area contributed by atoms with E-state index in [4.69, 9.17) is 4.42 Å². The van der Waals surface area contributed by atoms with Crippen LogP contribution in [0.15, 0.2) is 39.8 Å². The molecule has 9 heteroatoms. The minimum atomic E-state index is -4.26. The zero-order valence-electron chi connectivity index (χ0n) is 10.6. The Morgan fingerprint density at radius 1 is 1.24 bits per heavy atom. The predicted octanol–water partition coefficient (Wildman–Crippen LogP) is 2.15. The van der Waals surface area contributed by atoms with Gasteiger partial charge in [0.25, 0.3) is 10.0 Å². The highest BCUT2D eigenvalue weighted by Crippen LogP contribution is 2.21. The molecule has 2 aromatic rings. The second-order valence-electron chi connectivity index (χ2n) is 3.84. The molecule has 21 heavy (non-hydrogen) atoms. The summed E-state index contributed by atoms with van der Waals surface area (Å²) in [6, 6.07) is 4.45. The summed E-state index contributed by atoms with van der Waals surface area (Å²) in [7, 11) is -3.15. The van der Waals surface area contributed by atoms with E-state index in [1.54, 1.807) is 0 Å². The van der Waals surface area contributed by atoms with Crippen molar-refractivity contribution < 1.29 is 31.1 Å². The van der Waals surface area contributed by atoms with Gasteiger partial charge in [-0.1, -0.05) is 0 Å². The van der Waals surface area contributed by atoms with Crippen LogP contribution in [-0.4, -0.2) is 21.5 Å². The SMILES string of the molecule is COC(=O)c1ccc(S(=O)(=O)Nc2ccc(F)cc2F)o1. The molecule has 1 aromatic heterocycles. The number of sulfonamides is 1. The summed E-state index contributed by atoms with van der Waals surface area (Å²) in [6.07, 6.45) is 0. The number of hydrogen-bond acceptors (Lipinski definition) is 5. The number of ether oxygens (including phenoxy) is 1. The van der Waals surface area contributed by atoms with Crippen LogP contribution in [0.3, 0.4) is 0 Å². The molecule has 0 radical (unpaired) electrons. The summed E-state index contributed by atoms with van der Waals surface area (Å²) in [6.45, 7) is 0. The molecule has 0 bridgehead atoms. The van der Waals surface area contributed by atoms with Gasteiger partial charge in [-0.2, -0.15) is 8.42 Å². The molecule has 0 aliphatic heterocycles. The first kappa shape index (κ1) is 15.0. The van der Waals surface area contributed by atoms with E-state index in [0.29, 0.717) is 6.07 Å². The molecule has 1 aromatic carbocycles. The van der Waals surface area contributed by atoms with Gasteiger partial charge in [0.15, 0.2) is 0 Å². The Morgan fingerprint density at radius 2 is 1.95 bits per heavy atom. The van der Waals surface area contributed by atoms with Crippen molar-refractivity contribution >= 4 is 21.7 Å². The third-order valence-electron chi connectivity index (χ3n) is 2.41. The highest BCUT2D eigenvalue weighted by molar-refractivity contribution is 7.92. The molecular formula is C12H9F2NO5S. The number of rotatable bonds is 4. The number of carbonyl (C=O) groups excluding carboxylic acids is 1. The molecule has 0 aliphatic carbocycles. The van der Waals surface area contributed by atoms with Gasteiger partial charge in [0.1, 0.15) is 11.6 Å². The summed E-state index contributed by atoms with van der Waals surface area (Å²) in [5.41, 5.74) is -0.451. The first-order valence-electron chi connectivity index (χ1n) is 5.49. The van der Waals surface area contributed by atoms with Gasteiger partial charge in [0.05, 0.1) is 12.8 Å². The lowest BCUT2D eigenvalue weighted by Crippen LogP contribution is -2.13. The second kappa shape index (κ2) is 5.52. The topological polar surface area (TPSA) is 85.6 Å². The quantitative estimate of drug-likeness (QED) is 0.873. The zero-order chi connectivity index (χ0) is 15.6. The van der Waals surface area contributed by atoms with Crippen LogP contribution < -0.4 is 4.72 Å². The Morgan fingerprint density at radius 3 is 2.57 bits per heavy atom. The number of nitrogens with one attached hydrogen (secondary N) is 1.